The van der Waals surface area contributed by atoms with E-state index in [1.165, 1.54) is 16.2 Å². The van der Waals surface area contributed by atoms with Gasteiger partial charge in [0.25, 0.3) is 5.91 Å². The smallest absolute Gasteiger partial charge is 0.326 e. The molecule has 0 bridgehead atoms. The molecule has 2 fully saturated rings. The van der Waals surface area contributed by atoms with Gasteiger partial charge in [-0.1, -0.05) is 0 Å². The fraction of sp³-hybridized carbons (Fsp3) is 0.600. The van der Waals surface area contributed by atoms with E-state index in [0.29, 0.717) is 31.7 Å². The van der Waals surface area contributed by atoms with E-state index in [1.807, 2.05) is 5.38 Å². The first kappa shape index (κ1) is 15.5. The van der Waals surface area contributed by atoms with E-state index in [1.54, 1.807) is 11.4 Å². The summed E-state index contributed by atoms with van der Waals surface area (Å²) in [5.74, 6) is -1.09. The van der Waals surface area contributed by atoms with Crippen molar-refractivity contribution >= 4 is 23.2 Å². The number of hydrogen-bond acceptors (Lipinski definition) is 5. The number of amides is 1. The number of ether oxygens (including phenoxy) is 1. The molecule has 2 aliphatic rings. The van der Waals surface area contributed by atoms with Crippen LogP contribution in [0.15, 0.2) is 16.8 Å². The third-order valence-electron chi connectivity index (χ3n) is 4.45. The number of nitrogens with zero attached hydrogens (tertiary/aromatic N) is 2. The molecule has 22 heavy (non-hydrogen) atoms. The number of thiophene rings is 1. The van der Waals surface area contributed by atoms with Crippen molar-refractivity contribution in [3.8, 4) is 0 Å². The summed E-state index contributed by atoms with van der Waals surface area (Å²) < 4.78 is 5.35. The summed E-state index contributed by atoms with van der Waals surface area (Å²) in [4.78, 5) is 27.9. The SMILES string of the molecule is O=C(O)[C@@H]1C[C@@H](N2CCOCC2)CCN1C(=O)c1ccsc1. The van der Waals surface area contributed by atoms with Gasteiger partial charge in [0.1, 0.15) is 6.04 Å². The monoisotopic (exact) mass is 324 g/mol. The molecule has 0 aliphatic carbocycles. The maximum Gasteiger partial charge on any atom is 0.326 e. The van der Waals surface area contributed by atoms with Crippen molar-refractivity contribution in [2.24, 2.45) is 0 Å². The summed E-state index contributed by atoms with van der Waals surface area (Å²) in [5.41, 5.74) is 0.584. The summed E-state index contributed by atoms with van der Waals surface area (Å²) in [7, 11) is 0. The van der Waals surface area contributed by atoms with Crippen LogP contribution in [0.2, 0.25) is 0 Å². The summed E-state index contributed by atoms with van der Waals surface area (Å²) in [6.07, 6.45) is 1.31. The molecule has 3 heterocycles. The standard InChI is InChI=1S/C15H20N2O4S/c18-14(11-2-8-22-10-11)17-3-1-12(9-13(17)15(19)20)16-4-6-21-7-5-16/h2,8,10,12-13H,1,3-7,9H2,(H,19,20)/t12-,13-/m0/s1. The van der Waals surface area contributed by atoms with Crippen molar-refractivity contribution in [1.29, 1.82) is 0 Å². The van der Waals surface area contributed by atoms with Crippen LogP contribution in [0, 0.1) is 0 Å². The van der Waals surface area contributed by atoms with Gasteiger partial charge in [0.2, 0.25) is 0 Å². The number of carbonyl (C=O) groups excluding carboxylic acids is 1. The highest BCUT2D eigenvalue weighted by molar-refractivity contribution is 7.08. The van der Waals surface area contributed by atoms with Crippen LogP contribution in [-0.2, 0) is 9.53 Å². The molecule has 1 aromatic heterocycles. The molecule has 0 spiro atoms. The molecule has 0 saturated carbocycles. The fourth-order valence-electron chi connectivity index (χ4n) is 3.25. The zero-order valence-corrected chi connectivity index (χ0v) is 13.1. The minimum absolute atomic E-state index is 0.172. The average molecular weight is 324 g/mol. The van der Waals surface area contributed by atoms with Gasteiger partial charge in [-0.3, -0.25) is 9.69 Å². The van der Waals surface area contributed by atoms with Crippen molar-refractivity contribution in [2.75, 3.05) is 32.8 Å². The van der Waals surface area contributed by atoms with Crippen LogP contribution in [0.1, 0.15) is 23.2 Å². The Morgan fingerprint density at radius 1 is 1.27 bits per heavy atom. The summed E-state index contributed by atoms with van der Waals surface area (Å²) in [6.45, 7) is 3.58. The lowest BCUT2D eigenvalue weighted by molar-refractivity contribution is -0.144. The summed E-state index contributed by atoms with van der Waals surface area (Å²) in [5, 5.41) is 13.1. The van der Waals surface area contributed by atoms with E-state index in [0.717, 1.165) is 19.5 Å². The van der Waals surface area contributed by atoms with Crippen molar-refractivity contribution in [3.05, 3.63) is 22.4 Å². The van der Waals surface area contributed by atoms with Crippen LogP contribution in [0.3, 0.4) is 0 Å². The number of carbonyl (C=O) groups is 2. The first-order valence-corrected chi connectivity index (χ1v) is 8.49. The van der Waals surface area contributed by atoms with Crippen molar-refractivity contribution in [1.82, 2.24) is 9.80 Å². The van der Waals surface area contributed by atoms with Gasteiger partial charge in [-0.25, -0.2) is 4.79 Å². The predicted octanol–water partition coefficient (Wildman–Crippen LogP) is 1.14. The molecule has 3 rings (SSSR count). The van der Waals surface area contributed by atoms with Gasteiger partial charge >= 0.3 is 5.97 Å². The van der Waals surface area contributed by atoms with E-state index in [-0.39, 0.29) is 11.9 Å². The minimum atomic E-state index is -0.915. The van der Waals surface area contributed by atoms with Crippen molar-refractivity contribution in [3.63, 3.8) is 0 Å². The van der Waals surface area contributed by atoms with Gasteiger partial charge in [-0.05, 0) is 24.3 Å². The van der Waals surface area contributed by atoms with Crippen LogP contribution in [0.25, 0.3) is 0 Å². The van der Waals surface area contributed by atoms with Crippen molar-refractivity contribution < 1.29 is 19.4 Å². The largest absolute Gasteiger partial charge is 0.480 e. The van der Waals surface area contributed by atoms with Crippen molar-refractivity contribution in [2.45, 2.75) is 24.9 Å². The average Bonchev–Trinajstić information content (AvgIpc) is 3.09. The normalized spacial score (nSPS) is 26.8. The fourth-order valence-corrected chi connectivity index (χ4v) is 3.88. The second kappa shape index (κ2) is 6.76. The molecule has 1 aromatic rings. The number of rotatable bonds is 3. The molecular formula is C15H20N2O4S. The molecule has 2 saturated heterocycles. The van der Waals surface area contributed by atoms with E-state index >= 15 is 0 Å². The highest BCUT2D eigenvalue weighted by Crippen LogP contribution is 2.25. The molecule has 2 aliphatic heterocycles. The Bertz CT molecular complexity index is 528. The number of likely N-dealkylation sites (tertiary alicyclic amines) is 1. The van der Waals surface area contributed by atoms with E-state index < -0.39 is 12.0 Å². The maximum absolute atomic E-state index is 12.5. The number of aliphatic carboxylic acids is 1. The van der Waals surface area contributed by atoms with E-state index in [2.05, 4.69) is 4.90 Å². The van der Waals surface area contributed by atoms with Gasteiger partial charge in [0.05, 0.1) is 18.8 Å². The first-order chi connectivity index (χ1) is 10.7. The molecule has 6 nitrogen and oxygen atoms in total. The molecule has 2 atom stereocenters. The number of hydrogen-bond donors (Lipinski definition) is 1. The lowest BCUT2D eigenvalue weighted by atomic mass is 9.94. The van der Waals surface area contributed by atoms with Gasteiger partial charge in [-0.2, -0.15) is 11.3 Å². The highest BCUT2D eigenvalue weighted by Gasteiger charge is 2.38. The molecule has 1 N–H and O–H groups in total. The Kier molecular flexibility index (Phi) is 4.75. The molecule has 0 aromatic carbocycles. The van der Waals surface area contributed by atoms with Gasteiger partial charge in [0.15, 0.2) is 0 Å². The molecule has 1 amide bonds. The lowest BCUT2D eigenvalue weighted by Crippen LogP contribution is -2.56. The maximum atomic E-state index is 12.5. The molecule has 0 unspecified atom stereocenters. The third kappa shape index (κ3) is 3.16. The van der Waals surface area contributed by atoms with Crippen LogP contribution >= 0.6 is 11.3 Å². The Balaban J connectivity index is 1.71. The second-order valence-electron chi connectivity index (χ2n) is 5.69. The Morgan fingerprint density at radius 3 is 2.68 bits per heavy atom. The number of carboxylic acids is 1. The van der Waals surface area contributed by atoms with E-state index in [9.17, 15) is 14.7 Å². The highest BCUT2D eigenvalue weighted by atomic mass is 32.1. The quantitative estimate of drug-likeness (QED) is 0.903. The topological polar surface area (TPSA) is 70.1 Å². The molecule has 120 valence electrons. The zero-order valence-electron chi connectivity index (χ0n) is 12.3. The van der Waals surface area contributed by atoms with E-state index in [4.69, 9.17) is 4.74 Å². The van der Waals surface area contributed by atoms with Crippen LogP contribution in [0.5, 0.6) is 0 Å². The van der Waals surface area contributed by atoms with Crippen LogP contribution in [0.4, 0.5) is 0 Å². The van der Waals surface area contributed by atoms with Gasteiger partial charge in [-0.15, -0.1) is 0 Å². The molecule has 0 radical (unpaired) electrons. The Morgan fingerprint density at radius 2 is 2.05 bits per heavy atom. The lowest BCUT2D eigenvalue weighted by Gasteiger charge is -2.42. The summed E-state index contributed by atoms with van der Waals surface area (Å²) in [6, 6.07) is 1.23. The second-order valence-corrected chi connectivity index (χ2v) is 6.47. The third-order valence-corrected chi connectivity index (χ3v) is 5.13. The van der Waals surface area contributed by atoms with Gasteiger partial charge < -0.3 is 14.7 Å². The first-order valence-electron chi connectivity index (χ1n) is 7.54. The number of piperidine rings is 1. The Labute approximate surface area is 133 Å². The minimum Gasteiger partial charge on any atom is -0.480 e. The zero-order chi connectivity index (χ0) is 15.5. The number of morpholine rings is 1. The molecular weight excluding hydrogens is 304 g/mol. The number of carboxylic acid groups (broad SMARTS) is 1. The predicted molar refractivity (Wildman–Crippen MR) is 82.2 cm³/mol. The van der Waals surface area contributed by atoms with Gasteiger partial charge in [0, 0.05) is 31.1 Å². The van der Waals surface area contributed by atoms with Crippen LogP contribution < -0.4 is 0 Å². The van der Waals surface area contributed by atoms with Crippen LogP contribution in [-0.4, -0.2) is 71.7 Å². The molecule has 7 heteroatoms. The Hall–Kier alpha value is -1.44. The summed E-state index contributed by atoms with van der Waals surface area (Å²) >= 11 is 1.45.